The van der Waals surface area contributed by atoms with Crippen molar-refractivity contribution in [3.8, 4) is 0 Å². The minimum absolute atomic E-state index is 0.107. The highest BCUT2D eigenvalue weighted by molar-refractivity contribution is 6.47. The van der Waals surface area contributed by atoms with E-state index in [0.717, 1.165) is 0 Å². The Bertz CT molecular complexity index is 305. The van der Waals surface area contributed by atoms with Crippen molar-refractivity contribution in [2.75, 3.05) is 0 Å². The van der Waals surface area contributed by atoms with E-state index in [1.165, 1.54) is 6.42 Å². The maximum atomic E-state index is 6.18. The minimum Gasteiger partial charge on any atom is -0.403 e. The van der Waals surface area contributed by atoms with Crippen LogP contribution in [0.3, 0.4) is 0 Å². The van der Waals surface area contributed by atoms with Crippen LogP contribution in [0.15, 0.2) is 12.2 Å². The summed E-state index contributed by atoms with van der Waals surface area (Å²) in [6, 6.07) is 0. The summed E-state index contributed by atoms with van der Waals surface area (Å²) in [5.74, 6) is 1.57. The Labute approximate surface area is 120 Å². The Morgan fingerprint density at radius 3 is 1.84 bits per heavy atom. The average molecular weight is 266 g/mol. The molecule has 0 aromatic heterocycles. The number of hydrogen-bond donors (Lipinski definition) is 0. The van der Waals surface area contributed by atoms with Gasteiger partial charge in [0.25, 0.3) is 0 Å². The normalized spacial score (nSPS) is 25.2. The lowest BCUT2D eigenvalue weighted by molar-refractivity contribution is 0.00578. The van der Waals surface area contributed by atoms with E-state index in [-0.39, 0.29) is 18.3 Å². The third-order valence-electron chi connectivity index (χ3n) is 4.56. The van der Waals surface area contributed by atoms with E-state index in [0.29, 0.717) is 17.7 Å². The summed E-state index contributed by atoms with van der Waals surface area (Å²) in [4.78, 5) is 0. The lowest BCUT2D eigenvalue weighted by Gasteiger charge is -2.32. The number of rotatable bonds is 5. The van der Waals surface area contributed by atoms with Gasteiger partial charge in [-0.2, -0.15) is 0 Å². The van der Waals surface area contributed by atoms with Gasteiger partial charge in [0.05, 0.1) is 11.2 Å². The summed E-state index contributed by atoms with van der Waals surface area (Å²) in [5, 5.41) is 0. The summed E-state index contributed by atoms with van der Waals surface area (Å²) in [7, 11) is -0.107. The van der Waals surface area contributed by atoms with Gasteiger partial charge in [0.2, 0.25) is 0 Å². The molecule has 1 aliphatic rings. The standard InChI is InChI=1S/C16H31BO2/c1-9-10-14(11-12(2)3)13(4)17-18-15(5,6)16(7,8)19-17/h9-10,12-14H,11H2,1-8H3/b10-9-. The molecule has 1 rings (SSSR count). The van der Waals surface area contributed by atoms with Gasteiger partial charge in [0, 0.05) is 0 Å². The van der Waals surface area contributed by atoms with Crippen molar-refractivity contribution >= 4 is 7.12 Å². The van der Waals surface area contributed by atoms with Crippen molar-refractivity contribution in [2.24, 2.45) is 11.8 Å². The number of allylic oxidation sites excluding steroid dienone is 2. The van der Waals surface area contributed by atoms with Crippen LogP contribution in [0, 0.1) is 11.8 Å². The minimum atomic E-state index is -0.232. The Balaban J connectivity index is 2.79. The van der Waals surface area contributed by atoms with E-state index in [4.69, 9.17) is 9.31 Å². The Morgan fingerprint density at radius 2 is 1.47 bits per heavy atom. The molecular weight excluding hydrogens is 235 g/mol. The zero-order valence-corrected chi connectivity index (χ0v) is 14.0. The first-order valence-electron chi connectivity index (χ1n) is 7.59. The Hall–Kier alpha value is -0.275. The predicted molar refractivity (Wildman–Crippen MR) is 83.3 cm³/mol. The molecule has 1 heterocycles. The van der Waals surface area contributed by atoms with Crippen molar-refractivity contribution in [1.29, 1.82) is 0 Å². The van der Waals surface area contributed by atoms with Crippen LogP contribution < -0.4 is 0 Å². The second-order valence-corrected chi connectivity index (χ2v) is 7.30. The van der Waals surface area contributed by atoms with Crippen molar-refractivity contribution < 1.29 is 9.31 Å². The van der Waals surface area contributed by atoms with Crippen LogP contribution in [-0.4, -0.2) is 18.3 Å². The molecule has 0 aliphatic carbocycles. The predicted octanol–water partition coefficient (Wildman–Crippen LogP) is 4.71. The molecule has 3 heteroatoms. The molecule has 0 bridgehead atoms. The second-order valence-electron chi connectivity index (χ2n) is 7.30. The lowest BCUT2D eigenvalue weighted by Crippen LogP contribution is -2.41. The topological polar surface area (TPSA) is 18.5 Å². The van der Waals surface area contributed by atoms with Crippen LogP contribution >= 0.6 is 0 Å². The quantitative estimate of drug-likeness (QED) is 0.530. The molecule has 0 aromatic rings. The zero-order chi connectivity index (χ0) is 14.8. The van der Waals surface area contributed by atoms with Crippen LogP contribution in [0.5, 0.6) is 0 Å². The van der Waals surface area contributed by atoms with Crippen LogP contribution in [0.2, 0.25) is 5.82 Å². The lowest BCUT2D eigenvalue weighted by atomic mass is 9.64. The van der Waals surface area contributed by atoms with Gasteiger partial charge in [-0.3, -0.25) is 0 Å². The third kappa shape index (κ3) is 3.85. The monoisotopic (exact) mass is 266 g/mol. The van der Waals surface area contributed by atoms with Crippen LogP contribution in [0.1, 0.15) is 61.8 Å². The van der Waals surface area contributed by atoms with Gasteiger partial charge in [0.15, 0.2) is 0 Å². The summed E-state index contributed by atoms with van der Waals surface area (Å²) in [6.45, 7) is 17.3. The molecule has 110 valence electrons. The molecule has 2 unspecified atom stereocenters. The summed E-state index contributed by atoms with van der Waals surface area (Å²) in [6.07, 6.45) is 5.63. The van der Waals surface area contributed by atoms with Crippen molar-refractivity contribution in [3.63, 3.8) is 0 Å². The molecule has 1 fully saturated rings. The van der Waals surface area contributed by atoms with E-state index >= 15 is 0 Å². The first kappa shape index (κ1) is 16.8. The maximum Gasteiger partial charge on any atom is 0.461 e. The first-order valence-corrected chi connectivity index (χ1v) is 7.59. The van der Waals surface area contributed by atoms with E-state index in [1.54, 1.807) is 0 Å². The fourth-order valence-corrected chi connectivity index (χ4v) is 2.57. The first-order chi connectivity index (χ1) is 8.60. The van der Waals surface area contributed by atoms with Gasteiger partial charge < -0.3 is 9.31 Å². The molecule has 2 nitrogen and oxygen atoms in total. The molecule has 0 spiro atoms. The molecule has 19 heavy (non-hydrogen) atoms. The van der Waals surface area contributed by atoms with Gasteiger partial charge in [0.1, 0.15) is 0 Å². The molecule has 0 N–H and O–H groups in total. The van der Waals surface area contributed by atoms with E-state index < -0.39 is 0 Å². The highest BCUT2D eigenvalue weighted by Gasteiger charge is 2.53. The van der Waals surface area contributed by atoms with Gasteiger partial charge in [-0.1, -0.05) is 32.9 Å². The van der Waals surface area contributed by atoms with Gasteiger partial charge in [-0.05, 0) is 58.7 Å². The van der Waals surface area contributed by atoms with Crippen LogP contribution in [0.25, 0.3) is 0 Å². The second kappa shape index (κ2) is 6.01. The van der Waals surface area contributed by atoms with E-state index in [9.17, 15) is 0 Å². The van der Waals surface area contributed by atoms with Crippen LogP contribution in [0.4, 0.5) is 0 Å². The number of hydrogen-bond acceptors (Lipinski definition) is 2. The van der Waals surface area contributed by atoms with Crippen molar-refractivity contribution in [1.82, 2.24) is 0 Å². The van der Waals surface area contributed by atoms with Gasteiger partial charge in [-0.15, -0.1) is 0 Å². The maximum absolute atomic E-state index is 6.18. The van der Waals surface area contributed by atoms with E-state index in [1.807, 2.05) is 0 Å². The fourth-order valence-electron chi connectivity index (χ4n) is 2.57. The van der Waals surface area contributed by atoms with E-state index in [2.05, 4.69) is 67.5 Å². The molecule has 2 atom stereocenters. The molecule has 1 aliphatic heterocycles. The van der Waals surface area contributed by atoms with Crippen molar-refractivity contribution in [2.45, 2.75) is 78.8 Å². The molecule has 0 aromatic carbocycles. The zero-order valence-electron chi connectivity index (χ0n) is 14.0. The summed E-state index contributed by atoms with van der Waals surface area (Å²) in [5.41, 5.74) is -0.464. The third-order valence-corrected chi connectivity index (χ3v) is 4.56. The molecule has 0 amide bonds. The molecular formula is C16H31BO2. The largest absolute Gasteiger partial charge is 0.461 e. The highest BCUT2D eigenvalue weighted by Crippen LogP contribution is 2.42. The smallest absolute Gasteiger partial charge is 0.403 e. The summed E-state index contributed by atoms with van der Waals surface area (Å²) < 4.78 is 12.4. The SMILES string of the molecule is C/C=C\C(CC(C)C)C(C)B1OC(C)(C)C(C)(C)O1. The highest BCUT2D eigenvalue weighted by atomic mass is 16.7. The fraction of sp³-hybridized carbons (Fsp3) is 0.875. The summed E-state index contributed by atoms with van der Waals surface area (Å²) >= 11 is 0. The van der Waals surface area contributed by atoms with Crippen LogP contribution in [-0.2, 0) is 9.31 Å². The van der Waals surface area contributed by atoms with Gasteiger partial charge >= 0.3 is 7.12 Å². The Kier molecular flexibility index (Phi) is 5.31. The molecule has 0 radical (unpaired) electrons. The van der Waals surface area contributed by atoms with Crippen molar-refractivity contribution in [3.05, 3.63) is 12.2 Å². The average Bonchev–Trinajstić information content (AvgIpc) is 2.46. The molecule has 0 saturated carbocycles. The Morgan fingerprint density at radius 1 is 1.00 bits per heavy atom. The van der Waals surface area contributed by atoms with Gasteiger partial charge in [-0.25, -0.2) is 0 Å². The molecule has 1 saturated heterocycles.